The van der Waals surface area contributed by atoms with Crippen LogP contribution in [0.25, 0.3) is 0 Å². The van der Waals surface area contributed by atoms with Crippen molar-refractivity contribution < 1.29 is 18.0 Å². The maximum absolute atomic E-state index is 12.6. The SMILES string of the molecule is CN(C(=O)c1cc(N2CCN(C=O)CC2)ncn1)C1CCS(=O)(=O)C1. The van der Waals surface area contributed by atoms with Crippen molar-refractivity contribution in [3.8, 4) is 0 Å². The number of nitrogens with zero attached hydrogens (tertiary/aromatic N) is 5. The first kappa shape index (κ1) is 17.6. The molecule has 0 N–H and O–H groups in total. The molecule has 2 fully saturated rings. The summed E-state index contributed by atoms with van der Waals surface area (Å²) in [5.41, 5.74) is 0.245. The van der Waals surface area contributed by atoms with Crippen LogP contribution in [0.1, 0.15) is 16.9 Å². The van der Waals surface area contributed by atoms with E-state index >= 15 is 0 Å². The van der Waals surface area contributed by atoms with E-state index in [1.54, 1.807) is 18.0 Å². The van der Waals surface area contributed by atoms with Gasteiger partial charge in [-0.25, -0.2) is 18.4 Å². The standard InChI is InChI=1S/C15H21N5O4S/c1-18(12-2-7-25(23,24)9-12)15(22)13-8-14(17-10-16-13)20-5-3-19(11-21)4-6-20/h8,10-12H,2-7,9H2,1H3. The second kappa shape index (κ2) is 6.95. The molecule has 0 radical (unpaired) electrons. The molecule has 10 heteroatoms. The highest BCUT2D eigenvalue weighted by atomic mass is 32.2. The van der Waals surface area contributed by atoms with Gasteiger partial charge in [0.15, 0.2) is 9.84 Å². The van der Waals surface area contributed by atoms with E-state index in [2.05, 4.69) is 9.97 Å². The molecule has 3 heterocycles. The lowest BCUT2D eigenvalue weighted by Crippen LogP contribution is -2.46. The minimum atomic E-state index is -3.06. The molecular weight excluding hydrogens is 346 g/mol. The third kappa shape index (κ3) is 3.89. The normalized spacial score (nSPS) is 22.7. The Hall–Kier alpha value is -2.23. The zero-order valence-corrected chi connectivity index (χ0v) is 14.9. The topological polar surface area (TPSA) is 104 Å². The third-order valence-corrected chi connectivity index (χ3v) is 6.49. The average molecular weight is 367 g/mol. The van der Waals surface area contributed by atoms with Crippen LogP contribution in [-0.4, -0.2) is 91.3 Å². The molecular formula is C15H21N5O4S. The Balaban J connectivity index is 1.70. The van der Waals surface area contributed by atoms with Crippen molar-refractivity contribution in [2.45, 2.75) is 12.5 Å². The number of piperazine rings is 1. The summed E-state index contributed by atoms with van der Waals surface area (Å²) in [5, 5.41) is 0. The second-order valence-electron chi connectivity index (χ2n) is 6.36. The Kier molecular flexibility index (Phi) is 4.89. The zero-order chi connectivity index (χ0) is 18.0. The van der Waals surface area contributed by atoms with Gasteiger partial charge in [-0.2, -0.15) is 0 Å². The molecule has 1 aromatic heterocycles. The fourth-order valence-electron chi connectivity index (χ4n) is 3.12. The summed E-state index contributed by atoms with van der Waals surface area (Å²) in [7, 11) is -1.45. The largest absolute Gasteiger partial charge is 0.353 e. The molecule has 0 saturated carbocycles. The maximum atomic E-state index is 12.6. The quantitative estimate of drug-likeness (QED) is 0.630. The number of aromatic nitrogens is 2. The van der Waals surface area contributed by atoms with Crippen LogP contribution in [0.2, 0.25) is 0 Å². The van der Waals surface area contributed by atoms with Gasteiger partial charge < -0.3 is 14.7 Å². The van der Waals surface area contributed by atoms with Crippen LogP contribution >= 0.6 is 0 Å². The van der Waals surface area contributed by atoms with E-state index in [9.17, 15) is 18.0 Å². The first-order valence-corrected chi connectivity index (χ1v) is 9.96. The number of amides is 2. The fourth-order valence-corrected chi connectivity index (χ4v) is 4.90. The predicted molar refractivity (Wildman–Crippen MR) is 91.0 cm³/mol. The van der Waals surface area contributed by atoms with E-state index in [1.165, 1.54) is 11.2 Å². The van der Waals surface area contributed by atoms with Crippen LogP contribution in [0.15, 0.2) is 12.4 Å². The molecule has 2 amide bonds. The summed E-state index contributed by atoms with van der Waals surface area (Å²) >= 11 is 0. The van der Waals surface area contributed by atoms with Gasteiger partial charge in [0.05, 0.1) is 11.5 Å². The molecule has 0 aliphatic carbocycles. The van der Waals surface area contributed by atoms with E-state index < -0.39 is 9.84 Å². The molecule has 3 rings (SSSR count). The predicted octanol–water partition coefficient (Wildman–Crippen LogP) is -0.986. The molecule has 2 aliphatic heterocycles. The average Bonchev–Trinajstić information content (AvgIpc) is 3.00. The fraction of sp³-hybridized carbons (Fsp3) is 0.600. The maximum Gasteiger partial charge on any atom is 0.272 e. The Morgan fingerprint density at radius 2 is 2.00 bits per heavy atom. The Morgan fingerprint density at radius 1 is 1.28 bits per heavy atom. The van der Waals surface area contributed by atoms with Gasteiger partial charge in [-0.1, -0.05) is 0 Å². The molecule has 1 aromatic rings. The Morgan fingerprint density at radius 3 is 2.60 bits per heavy atom. The van der Waals surface area contributed by atoms with Gasteiger partial charge in [-0.05, 0) is 6.42 Å². The van der Waals surface area contributed by atoms with Gasteiger partial charge in [0, 0.05) is 45.3 Å². The van der Waals surface area contributed by atoms with Gasteiger partial charge in [-0.3, -0.25) is 9.59 Å². The summed E-state index contributed by atoms with van der Waals surface area (Å²) in [6.07, 6.45) is 2.63. The Labute approximate surface area is 146 Å². The van der Waals surface area contributed by atoms with Crippen LogP contribution in [-0.2, 0) is 14.6 Å². The number of carbonyl (C=O) groups excluding carboxylic acids is 2. The molecule has 2 aliphatic rings. The summed E-state index contributed by atoms with van der Waals surface area (Å²) in [4.78, 5) is 36.8. The van der Waals surface area contributed by atoms with Crippen LogP contribution in [0, 0.1) is 0 Å². The first-order chi connectivity index (χ1) is 11.9. The van der Waals surface area contributed by atoms with Gasteiger partial charge >= 0.3 is 0 Å². The number of sulfone groups is 1. The van der Waals surface area contributed by atoms with E-state index in [0.717, 1.165) is 6.41 Å². The summed E-state index contributed by atoms with van der Waals surface area (Å²) < 4.78 is 23.2. The van der Waals surface area contributed by atoms with E-state index in [1.807, 2.05) is 4.90 Å². The lowest BCUT2D eigenvalue weighted by atomic mass is 10.2. The van der Waals surface area contributed by atoms with Gasteiger partial charge in [0.2, 0.25) is 6.41 Å². The van der Waals surface area contributed by atoms with Gasteiger partial charge in [-0.15, -0.1) is 0 Å². The van der Waals surface area contributed by atoms with Crippen molar-refractivity contribution in [1.29, 1.82) is 0 Å². The van der Waals surface area contributed by atoms with E-state index in [4.69, 9.17) is 0 Å². The molecule has 0 bridgehead atoms. The van der Waals surface area contributed by atoms with Crippen molar-refractivity contribution >= 4 is 28.0 Å². The molecule has 25 heavy (non-hydrogen) atoms. The number of anilines is 1. The van der Waals surface area contributed by atoms with Crippen molar-refractivity contribution in [2.24, 2.45) is 0 Å². The molecule has 9 nitrogen and oxygen atoms in total. The zero-order valence-electron chi connectivity index (χ0n) is 14.0. The van der Waals surface area contributed by atoms with Crippen molar-refractivity contribution in [3.05, 3.63) is 18.1 Å². The van der Waals surface area contributed by atoms with E-state index in [-0.39, 0.29) is 29.1 Å². The highest BCUT2D eigenvalue weighted by Crippen LogP contribution is 2.19. The minimum Gasteiger partial charge on any atom is -0.353 e. The molecule has 2 saturated heterocycles. The Bertz CT molecular complexity index is 761. The number of hydrogen-bond acceptors (Lipinski definition) is 7. The molecule has 1 atom stereocenters. The number of hydrogen-bond donors (Lipinski definition) is 0. The second-order valence-corrected chi connectivity index (χ2v) is 8.59. The van der Waals surface area contributed by atoms with Crippen LogP contribution in [0.3, 0.4) is 0 Å². The molecule has 1 unspecified atom stereocenters. The first-order valence-electron chi connectivity index (χ1n) is 8.13. The lowest BCUT2D eigenvalue weighted by molar-refractivity contribution is -0.118. The van der Waals surface area contributed by atoms with Crippen molar-refractivity contribution in [1.82, 2.24) is 19.8 Å². The van der Waals surface area contributed by atoms with E-state index in [0.29, 0.717) is 38.4 Å². The summed E-state index contributed by atoms with van der Waals surface area (Å²) in [5.74, 6) is 0.445. The monoisotopic (exact) mass is 367 g/mol. The van der Waals surface area contributed by atoms with Crippen LogP contribution in [0.4, 0.5) is 5.82 Å². The molecule has 0 spiro atoms. The highest BCUT2D eigenvalue weighted by molar-refractivity contribution is 7.91. The van der Waals surface area contributed by atoms with Crippen LogP contribution in [0.5, 0.6) is 0 Å². The highest BCUT2D eigenvalue weighted by Gasteiger charge is 2.33. The third-order valence-electron chi connectivity index (χ3n) is 4.74. The van der Waals surface area contributed by atoms with Gasteiger partial charge in [0.25, 0.3) is 5.91 Å². The smallest absolute Gasteiger partial charge is 0.272 e. The lowest BCUT2D eigenvalue weighted by Gasteiger charge is -2.33. The van der Waals surface area contributed by atoms with Crippen LogP contribution < -0.4 is 4.90 Å². The van der Waals surface area contributed by atoms with Crippen molar-refractivity contribution in [2.75, 3.05) is 49.6 Å². The number of rotatable bonds is 4. The summed E-state index contributed by atoms with van der Waals surface area (Å²) in [6, 6.07) is 1.31. The molecule has 136 valence electrons. The number of carbonyl (C=O) groups is 2. The van der Waals surface area contributed by atoms with Crippen molar-refractivity contribution in [3.63, 3.8) is 0 Å². The minimum absolute atomic E-state index is 0.000829. The summed E-state index contributed by atoms with van der Waals surface area (Å²) in [6.45, 7) is 2.49. The van der Waals surface area contributed by atoms with Gasteiger partial charge in [0.1, 0.15) is 17.8 Å². The molecule has 0 aromatic carbocycles.